The number of amides is 2. The summed E-state index contributed by atoms with van der Waals surface area (Å²) < 4.78 is 26.2. The molecule has 2 aromatic rings. The summed E-state index contributed by atoms with van der Waals surface area (Å²) in [6.45, 7) is 3.55. The summed E-state index contributed by atoms with van der Waals surface area (Å²) in [6, 6.07) is 8.36. The number of anilines is 1. The molecule has 7 nitrogen and oxygen atoms in total. The lowest BCUT2D eigenvalue weighted by Gasteiger charge is -2.33. The van der Waals surface area contributed by atoms with Gasteiger partial charge < -0.3 is 10.2 Å². The molecule has 12 heteroatoms. The lowest BCUT2D eigenvalue weighted by molar-refractivity contribution is -0.140. The van der Waals surface area contributed by atoms with Crippen LogP contribution in [0.4, 0.5) is 5.69 Å². The molecule has 1 atom stereocenters. The Hall–Kier alpha value is -1.71. The van der Waals surface area contributed by atoms with Gasteiger partial charge in [-0.1, -0.05) is 66.3 Å². The van der Waals surface area contributed by atoms with Gasteiger partial charge in [-0.25, -0.2) is 8.42 Å². The first-order chi connectivity index (χ1) is 16.4. The Morgan fingerprint density at radius 2 is 1.63 bits per heavy atom. The lowest BCUT2D eigenvalue weighted by atomic mass is 10.1. The van der Waals surface area contributed by atoms with Gasteiger partial charge in [0, 0.05) is 18.1 Å². The minimum absolute atomic E-state index is 0.00859. The smallest absolute Gasteiger partial charge is 0.244 e. The standard InChI is InChI=1S/C23H27Cl4N3O4S/c1-4-10-28-23(32)20(5-2)29(13-15-6-8-17(25)19(27)11-15)22(31)14-30(35(3,33)34)21-12-16(24)7-9-18(21)26/h6-9,11-12,20H,4-5,10,13-14H2,1-3H3,(H,28,32)/t20-/m1/s1. The van der Waals surface area contributed by atoms with Crippen LogP contribution in [0.2, 0.25) is 20.1 Å². The number of benzene rings is 2. The van der Waals surface area contributed by atoms with E-state index in [9.17, 15) is 18.0 Å². The van der Waals surface area contributed by atoms with Crippen LogP contribution in [0.5, 0.6) is 0 Å². The van der Waals surface area contributed by atoms with Crippen LogP contribution < -0.4 is 9.62 Å². The number of halogens is 4. The fourth-order valence-corrected chi connectivity index (χ4v) is 5.00. The molecule has 0 saturated heterocycles. The number of rotatable bonds is 11. The second kappa shape index (κ2) is 13.0. The van der Waals surface area contributed by atoms with Gasteiger partial charge in [0.2, 0.25) is 21.8 Å². The van der Waals surface area contributed by atoms with Crippen molar-refractivity contribution in [1.82, 2.24) is 10.2 Å². The third-order valence-corrected chi connectivity index (χ3v) is 7.55. The summed E-state index contributed by atoms with van der Waals surface area (Å²) in [5.41, 5.74) is 0.689. The molecule has 0 bridgehead atoms. The van der Waals surface area contributed by atoms with E-state index in [0.717, 1.165) is 17.0 Å². The van der Waals surface area contributed by atoms with Crippen molar-refractivity contribution in [3.63, 3.8) is 0 Å². The van der Waals surface area contributed by atoms with Gasteiger partial charge in [-0.3, -0.25) is 13.9 Å². The van der Waals surface area contributed by atoms with Crippen LogP contribution in [-0.4, -0.2) is 50.5 Å². The number of nitrogens with one attached hydrogen (secondary N) is 1. The Labute approximate surface area is 226 Å². The van der Waals surface area contributed by atoms with E-state index in [4.69, 9.17) is 46.4 Å². The van der Waals surface area contributed by atoms with Crippen LogP contribution in [0, 0.1) is 0 Å². The summed E-state index contributed by atoms with van der Waals surface area (Å²) in [6.07, 6.45) is 1.99. The summed E-state index contributed by atoms with van der Waals surface area (Å²) in [7, 11) is -3.93. The molecule has 192 valence electrons. The Bertz CT molecular complexity index is 1180. The SMILES string of the molecule is CCCNC(=O)[C@@H](CC)N(Cc1ccc(Cl)c(Cl)c1)C(=O)CN(c1cc(Cl)ccc1Cl)S(C)(=O)=O. The minimum atomic E-state index is -3.93. The third kappa shape index (κ3) is 8.15. The van der Waals surface area contributed by atoms with E-state index < -0.39 is 28.5 Å². The van der Waals surface area contributed by atoms with E-state index in [0.29, 0.717) is 28.6 Å². The quantitative estimate of drug-likeness (QED) is 0.384. The van der Waals surface area contributed by atoms with Crippen LogP contribution in [0.3, 0.4) is 0 Å². The number of sulfonamides is 1. The number of hydrogen-bond acceptors (Lipinski definition) is 4. The molecule has 0 aliphatic heterocycles. The largest absolute Gasteiger partial charge is 0.354 e. The fourth-order valence-electron chi connectivity index (χ4n) is 3.39. The van der Waals surface area contributed by atoms with Gasteiger partial charge in [0.25, 0.3) is 0 Å². The maximum absolute atomic E-state index is 13.6. The maximum Gasteiger partial charge on any atom is 0.244 e. The molecule has 0 saturated carbocycles. The Balaban J connectivity index is 2.49. The highest BCUT2D eigenvalue weighted by Gasteiger charge is 2.32. The zero-order chi connectivity index (χ0) is 26.3. The zero-order valence-electron chi connectivity index (χ0n) is 19.5. The molecule has 0 aliphatic carbocycles. The summed E-state index contributed by atoms with van der Waals surface area (Å²) in [5.74, 6) is -0.939. The van der Waals surface area contributed by atoms with Gasteiger partial charge in [0.05, 0.1) is 27.0 Å². The van der Waals surface area contributed by atoms with Crippen LogP contribution in [0.15, 0.2) is 36.4 Å². The molecule has 0 radical (unpaired) electrons. The van der Waals surface area contributed by atoms with E-state index in [-0.39, 0.29) is 28.2 Å². The molecule has 0 spiro atoms. The Morgan fingerprint density at radius 3 is 2.20 bits per heavy atom. The Morgan fingerprint density at radius 1 is 0.971 bits per heavy atom. The molecule has 2 rings (SSSR count). The molecule has 0 aliphatic rings. The van der Waals surface area contributed by atoms with Crippen LogP contribution in [-0.2, 0) is 26.2 Å². The number of nitrogens with zero attached hydrogens (tertiary/aromatic N) is 2. The van der Waals surface area contributed by atoms with Crippen molar-refractivity contribution in [1.29, 1.82) is 0 Å². The van der Waals surface area contributed by atoms with Crippen molar-refractivity contribution in [3.05, 3.63) is 62.1 Å². The highest BCUT2D eigenvalue weighted by Crippen LogP contribution is 2.31. The monoisotopic (exact) mass is 581 g/mol. The van der Waals surface area contributed by atoms with Crippen molar-refractivity contribution in [2.75, 3.05) is 23.7 Å². The van der Waals surface area contributed by atoms with Gasteiger partial charge in [-0.05, 0) is 48.7 Å². The first-order valence-corrected chi connectivity index (χ1v) is 14.2. The average molecular weight is 583 g/mol. The third-order valence-electron chi connectivity index (χ3n) is 5.13. The van der Waals surface area contributed by atoms with Crippen LogP contribution >= 0.6 is 46.4 Å². The van der Waals surface area contributed by atoms with E-state index in [1.165, 1.54) is 23.1 Å². The van der Waals surface area contributed by atoms with Crippen LogP contribution in [0.1, 0.15) is 32.3 Å². The first kappa shape index (κ1) is 29.5. The molecule has 2 aromatic carbocycles. The van der Waals surface area contributed by atoms with E-state index in [2.05, 4.69) is 5.32 Å². The van der Waals surface area contributed by atoms with Gasteiger partial charge in [0.15, 0.2) is 0 Å². The Kier molecular flexibility index (Phi) is 11.0. The molecule has 0 fully saturated rings. The summed E-state index contributed by atoms with van der Waals surface area (Å²) in [5, 5.41) is 3.81. The zero-order valence-corrected chi connectivity index (χ0v) is 23.4. The maximum atomic E-state index is 13.6. The average Bonchev–Trinajstić information content (AvgIpc) is 2.79. The van der Waals surface area contributed by atoms with Crippen molar-refractivity contribution < 1.29 is 18.0 Å². The first-order valence-electron chi connectivity index (χ1n) is 10.8. The highest BCUT2D eigenvalue weighted by molar-refractivity contribution is 7.92. The fraction of sp³-hybridized carbons (Fsp3) is 0.391. The normalized spacial score (nSPS) is 12.2. The molecule has 35 heavy (non-hydrogen) atoms. The predicted octanol–water partition coefficient (Wildman–Crippen LogP) is 5.40. The van der Waals surface area contributed by atoms with E-state index in [1.807, 2.05) is 6.92 Å². The van der Waals surface area contributed by atoms with E-state index in [1.54, 1.807) is 25.1 Å². The number of carbonyl (C=O) groups is 2. The summed E-state index contributed by atoms with van der Waals surface area (Å²) in [4.78, 5) is 27.9. The predicted molar refractivity (Wildman–Crippen MR) is 143 cm³/mol. The van der Waals surface area contributed by atoms with Crippen molar-refractivity contribution >= 4 is 73.9 Å². The molecule has 2 amide bonds. The van der Waals surface area contributed by atoms with Gasteiger partial charge >= 0.3 is 0 Å². The van der Waals surface area contributed by atoms with Gasteiger partial charge in [0.1, 0.15) is 12.6 Å². The van der Waals surface area contributed by atoms with Gasteiger partial charge in [-0.2, -0.15) is 0 Å². The molecule has 0 aromatic heterocycles. The van der Waals surface area contributed by atoms with Crippen molar-refractivity contribution in [2.45, 2.75) is 39.3 Å². The molecule has 0 unspecified atom stereocenters. The lowest BCUT2D eigenvalue weighted by Crippen LogP contribution is -2.52. The molecular formula is C23H27Cl4N3O4S. The minimum Gasteiger partial charge on any atom is -0.354 e. The van der Waals surface area contributed by atoms with Crippen molar-refractivity contribution in [3.8, 4) is 0 Å². The number of hydrogen-bond donors (Lipinski definition) is 1. The topological polar surface area (TPSA) is 86.8 Å². The molecular weight excluding hydrogens is 556 g/mol. The van der Waals surface area contributed by atoms with Crippen molar-refractivity contribution in [2.24, 2.45) is 0 Å². The van der Waals surface area contributed by atoms with E-state index >= 15 is 0 Å². The number of carbonyl (C=O) groups excluding carboxylic acids is 2. The summed E-state index contributed by atoms with van der Waals surface area (Å²) >= 11 is 24.5. The highest BCUT2D eigenvalue weighted by atomic mass is 35.5. The van der Waals surface area contributed by atoms with Crippen LogP contribution in [0.25, 0.3) is 0 Å². The second-order valence-corrected chi connectivity index (χ2v) is 11.4. The molecule has 1 N–H and O–H groups in total. The van der Waals surface area contributed by atoms with Gasteiger partial charge in [-0.15, -0.1) is 0 Å². The molecule has 0 heterocycles. The second-order valence-electron chi connectivity index (χ2n) is 7.85.